The van der Waals surface area contributed by atoms with E-state index in [2.05, 4.69) is 4.98 Å². The highest BCUT2D eigenvalue weighted by molar-refractivity contribution is 6.05. The highest BCUT2D eigenvalue weighted by Crippen LogP contribution is 2.33. The third-order valence-electron chi connectivity index (χ3n) is 5.64. The predicted molar refractivity (Wildman–Crippen MR) is 114 cm³/mol. The van der Waals surface area contributed by atoms with E-state index in [0.717, 1.165) is 29.7 Å². The molecule has 7 heteroatoms. The van der Waals surface area contributed by atoms with E-state index >= 15 is 0 Å². The van der Waals surface area contributed by atoms with Crippen LogP contribution in [0.4, 0.5) is 5.69 Å². The molecule has 1 fully saturated rings. The molecule has 1 saturated carbocycles. The molecule has 1 aliphatic carbocycles. The Balaban J connectivity index is 1.76. The number of esters is 2. The van der Waals surface area contributed by atoms with Crippen LogP contribution in [-0.4, -0.2) is 36.1 Å². The van der Waals surface area contributed by atoms with E-state index < -0.39 is 11.9 Å². The largest absolute Gasteiger partial charge is 0.465 e. The number of carbonyl (C=O) groups is 2. The molecule has 1 N–H and O–H groups in total. The second kappa shape index (κ2) is 8.57. The van der Waals surface area contributed by atoms with Crippen molar-refractivity contribution in [2.45, 2.75) is 38.0 Å². The van der Waals surface area contributed by atoms with Crippen LogP contribution in [0.15, 0.2) is 53.9 Å². The molecular weight excluding hydrogens is 382 g/mol. The Kier molecular flexibility index (Phi) is 5.70. The minimum Gasteiger partial charge on any atom is -0.465 e. The Morgan fingerprint density at radius 3 is 2.57 bits per heavy atom. The maximum absolute atomic E-state index is 12.6. The normalized spacial score (nSPS) is 17.3. The molecular formula is C23H25N3O4. The van der Waals surface area contributed by atoms with E-state index in [1.807, 2.05) is 18.2 Å². The number of fused-ring (bicyclic) bond motifs is 1. The van der Waals surface area contributed by atoms with Crippen molar-refractivity contribution in [2.24, 2.45) is 0 Å². The van der Waals surface area contributed by atoms with Gasteiger partial charge in [-0.15, -0.1) is 0 Å². The quantitative estimate of drug-likeness (QED) is 0.768. The zero-order valence-electron chi connectivity index (χ0n) is 17.2. The monoisotopic (exact) mass is 407 g/mol. The Hall–Kier alpha value is -3.35. The lowest BCUT2D eigenvalue weighted by atomic mass is 9.89. The van der Waals surface area contributed by atoms with Gasteiger partial charge in [-0.3, -0.25) is 0 Å². The van der Waals surface area contributed by atoms with Crippen LogP contribution in [0, 0.1) is 0 Å². The first kappa shape index (κ1) is 19.9. The average Bonchev–Trinajstić information content (AvgIpc) is 3.09. The molecule has 1 aromatic heterocycles. The molecule has 0 unspecified atom stereocenters. The Morgan fingerprint density at radius 1 is 1.07 bits per heavy atom. The van der Waals surface area contributed by atoms with Gasteiger partial charge < -0.3 is 19.4 Å². The van der Waals surface area contributed by atoms with Crippen LogP contribution in [0.5, 0.6) is 0 Å². The number of rotatable bonds is 4. The molecule has 1 aliphatic heterocycles. The van der Waals surface area contributed by atoms with Crippen molar-refractivity contribution in [1.82, 2.24) is 9.97 Å². The topological polar surface area (TPSA) is 84.5 Å². The number of nitrogens with one attached hydrogen (secondary N) is 1. The van der Waals surface area contributed by atoms with Crippen LogP contribution in [0.25, 0.3) is 11.0 Å². The number of hydrogen-bond acceptors (Lipinski definition) is 6. The van der Waals surface area contributed by atoms with E-state index in [1.54, 1.807) is 29.3 Å². The average molecular weight is 407 g/mol. The molecule has 0 amide bonds. The van der Waals surface area contributed by atoms with Crippen molar-refractivity contribution in [2.75, 3.05) is 19.1 Å². The van der Waals surface area contributed by atoms with Crippen molar-refractivity contribution in [3.05, 3.63) is 59.7 Å². The molecule has 30 heavy (non-hydrogen) atoms. The summed E-state index contributed by atoms with van der Waals surface area (Å²) in [7, 11) is 2.57. The summed E-state index contributed by atoms with van der Waals surface area (Å²) in [6.45, 7) is 0. The molecule has 156 valence electrons. The smallest absolute Gasteiger partial charge is 0.355 e. The van der Waals surface area contributed by atoms with Crippen LogP contribution in [0.3, 0.4) is 0 Å². The van der Waals surface area contributed by atoms with Crippen molar-refractivity contribution in [3.8, 4) is 0 Å². The standard InChI is InChI=1S/C23H25N3O4/c1-29-22(27)17-10-6-7-13-26(20(17)23(28)30-2)16-11-12-18-19(14-16)25-21(24-18)15-8-4-3-5-9-15/h6-7,10-15H,3-5,8-9H2,1-2H3,(H,24,25). The van der Waals surface area contributed by atoms with Gasteiger partial charge in [0.1, 0.15) is 11.5 Å². The summed E-state index contributed by atoms with van der Waals surface area (Å²) >= 11 is 0. The Bertz CT molecular complexity index is 1060. The van der Waals surface area contributed by atoms with Crippen molar-refractivity contribution < 1.29 is 19.1 Å². The molecule has 0 bridgehead atoms. The molecule has 2 aromatic rings. The van der Waals surface area contributed by atoms with E-state index in [9.17, 15) is 9.59 Å². The van der Waals surface area contributed by atoms with Gasteiger partial charge in [-0.25, -0.2) is 14.6 Å². The summed E-state index contributed by atoms with van der Waals surface area (Å²) in [6.07, 6.45) is 12.8. The maximum atomic E-state index is 12.6. The zero-order chi connectivity index (χ0) is 21.1. The number of allylic oxidation sites excluding steroid dienone is 2. The fourth-order valence-electron chi connectivity index (χ4n) is 4.10. The van der Waals surface area contributed by atoms with Gasteiger partial charge in [0.15, 0.2) is 0 Å². The van der Waals surface area contributed by atoms with E-state index in [-0.39, 0.29) is 11.3 Å². The highest BCUT2D eigenvalue weighted by atomic mass is 16.5. The van der Waals surface area contributed by atoms with E-state index in [4.69, 9.17) is 14.5 Å². The molecule has 1 aromatic carbocycles. The number of H-pyrrole nitrogens is 1. The summed E-state index contributed by atoms with van der Waals surface area (Å²) in [6, 6.07) is 5.73. The number of nitrogens with zero attached hydrogens (tertiary/aromatic N) is 2. The predicted octanol–water partition coefficient (Wildman–Crippen LogP) is 4.10. The van der Waals surface area contributed by atoms with E-state index in [0.29, 0.717) is 11.6 Å². The molecule has 0 spiro atoms. The fourth-order valence-corrected chi connectivity index (χ4v) is 4.10. The lowest BCUT2D eigenvalue weighted by Gasteiger charge is -2.23. The first-order valence-corrected chi connectivity index (χ1v) is 10.2. The number of aromatic amines is 1. The van der Waals surface area contributed by atoms with Crippen molar-refractivity contribution in [1.29, 1.82) is 0 Å². The van der Waals surface area contributed by atoms with Crippen molar-refractivity contribution >= 4 is 28.7 Å². The maximum Gasteiger partial charge on any atom is 0.355 e. The van der Waals surface area contributed by atoms with Gasteiger partial charge in [-0.1, -0.05) is 25.3 Å². The number of carbonyl (C=O) groups excluding carboxylic acids is 2. The lowest BCUT2D eigenvalue weighted by Crippen LogP contribution is -2.26. The van der Waals surface area contributed by atoms with Crippen LogP contribution in [0.2, 0.25) is 0 Å². The van der Waals surface area contributed by atoms with Crippen LogP contribution >= 0.6 is 0 Å². The van der Waals surface area contributed by atoms with Crippen LogP contribution in [0.1, 0.15) is 43.8 Å². The minimum absolute atomic E-state index is 0.0979. The zero-order valence-corrected chi connectivity index (χ0v) is 17.2. The minimum atomic E-state index is -0.626. The number of imidazole rings is 1. The fraction of sp³-hybridized carbons (Fsp3) is 0.348. The summed E-state index contributed by atoms with van der Waals surface area (Å²) in [4.78, 5) is 34.8. The number of methoxy groups -OCH3 is 2. The molecule has 7 nitrogen and oxygen atoms in total. The van der Waals surface area contributed by atoms with Gasteiger partial charge in [0.05, 0.1) is 30.8 Å². The third kappa shape index (κ3) is 3.75. The second-order valence-corrected chi connectivity index (χ2v) is 7.47. The number of aromatic nitrogens is 2. The van der Waals surface area contributed by atoms with Crippen LogP contribution < -0.4 is 4.90 Å². The molecule has 2 aliphatic rings. The Morgan fingerprint density at radius 2 is 1.83 bits per heavy atom. The van der Waals surface area contributed by atoms with Crippen LogP contribution in [-0.2, 0) is 19.1 Å². The van der Waals surface area contributed by atoms with Gasteiger partial charge in [-0.05, 0) is 43.2 Å². The number of ether oxygens (including phenoxy) is 2. The molecule has 2 heterocycles. The first-order valence-electron chi connectivity index (χ1n) is 10.2. The third-order valence-corrected chi connectivity index (χ3v) is 5.64. The second-order valence-electron chi connectivity index (χ2n) is 7.47. The summed E-state index contributed by atoms with van der Waals surface area (Å²) in [5, 5.41) is 0. The van der Waals surface area contributed by atoms with Gasteiger partial charge in [0, 0.05) is 17.8 Å². The van der Waals surface area contributed by atoms with Gasteiger partial charge in [0.25, 0.3) is 0 Å². The molecule has 0 radical (unpaired) electrons. The van der Waals surface area contributed by atoms with E-state index in [1.165, 1.54) is 33.5 Å². The van der Waals surface area contributed by atoms with Gasteiger partial charge >= 0.3 is 11.9 Å². The number of anilines is 1. The molecule has 0 saturated heterocycles. The lowest BCUT2D eigenvalue weighted by molar-refractivity contribution is -0.139. The first-order chi connectivity index (χ1) is 14.6. The van der Waals surface area contributed by atoms with Crippen molar-refractivity contribution in [3.63, 3.8) is 0 Å². The SMILES string of the molecule is COC(=O)C1=C(C(=O)OC)N(c2ccc3nc(C4CCCCC4)[nH]c3c2)C=CC=C1. The van der Waals surface area contributed by atoms with Gasteiger partial charge in [-0.2, -0.15) is 0 Å². The highest BCUT2D eigenvalue weighted by Gasteiger charge is 2.28. The Labute approximate surface area is 175 Å². The van der Waals surface area contributed by atoms with Gasteiger partial charge in [0.2, 0.25) is 0 Å². The molecule has 4 rings (SSSR count). The number of hydrogen-bond donors (Lipinski definition) is 1. The summed E-state index contributed by atoms with van der Waals surface area (Å²) in [5.41, 5.74) is 2.71. The molecule has 0 atom stereocenters. The number of benzene rings is 1. The summed E-state index contributed by atoms with van der Waals surface area (Å²) in [5.74, 6) is 0.254. The summed E-state index contributed by atoms with van der Waals surface area (Å²) < 4.78 is 9.83.